The number of hydrogen-bond donors (Lipinski definition) is 1. The van der Waals surface area contributed by atoms with Crippen molar-refractivity contribution in [2.24, 2.45) is 5.92 Å². The average molecular weight is 425 g/mol. The lowest BCUT2D eigenvalue weighted by Crippen LogP contribution is -2.38. The minimum atomic E-state index is -3.31. The highest BCUT2D eigenvalue weighted by molar-refractivity contribution is 7.99. The number of aromatic nitrogens is 2. The Balaban J connectivity index is 1.56. The highest BCUT2D eigenvalue weighted by atomic mass is 32.2. The molecular weight excluding hydrogens is 400 g/mol. The van der Waals surface area contributed by atoms with Gasteiger partial charge in [-0.3, -0.25) is 9.52 Å². The molecule has 1 aromatic heterocycles. The van der Waals surface area contributed by atoms with Crippen LogP contribution in [-0.2, 0) is 14.8 Å². The maximum Gasteiger partial charge on any atom is 0.277 e. The van der Waals surface area contributed by atoms with Crippen LogP contribution in [0.3, 0.4) is 0 Å². The Labute approximate surface area is 169 Å². The molecule has 1 aliphatic rings. The first-order valence-electron chi connectivity index (χ1n) is 9.21. The summed E-state index contributed by atoms with van der Waals surface area (Å²) < 4.78 is 31.3. The van der Waals surface area contributed by atoms with E-state index in [0.29, 0.717) is 28.3 Å². The topological polar surface area (TPSA) is 105 Å². The molecule has 1 aromatic carbocycles. The molecule has 0 aliphatic carbocycles. The zero-order valence-corrected chi connectivity index (χ0v) is 17.6. The molecule has 0 spiro atoms. The largest absolute Gasteiger partial charge is 0.411 e. The van der Waals surface area contributed by atoms with Crippen LogP contribution in [-0.4, -0.2) is 54.0 Å². The molecule has 0 bridgehead atoms. The van der Waals surface area contributed by atoms with Crippen LogP contribution in [0.4, 0.5) is 5.69 Å². The Hall–Kier alpha value is -2.07. The van der Waals surface area contributed by atoms with Gasteiger partial charge < -0.3 is 9.32 Å². The van der Waals surface area contributed by atoms with Crippen LogP contribution in [0, 0.1) is 5.92 Å². The summed E-state index contributed by atoms with van der Waals surface area (Å²) >= 11 is 1.23. The van der Waals surface area contributed by atoms with Gasteiger partial charge >= 0.3 is 0 Å². The van der Waals surface area contributed by atoms with Gasteiger partial charge in [-0.25, -0.2) is 8.42 Å². The molecule has 0 atom stereocenters. The fourth-order valence-electron chi connectivity index (χ4n) is 2.79. The first-order valence-corrected chi connectivity index (χ1v) is 11.8. The van der Waals surface area contributed by atoms with Crippen molar-refractivity contribution in [1.82, 2.24) is 15.1 Å². The summed E-state index contributed by atoms with van der Waals surface area (Å²) in [6, 6.07) is 6.69. The van der Waals surface area contributed by atoms with Gasteiger partial charge in [0.15, 0.2) is 0 Å². The zero-order valence-electron chi connectivity index (χ0n) is 15.9. The maximum absolute atomic E-state index is 12.3. The Morgan fingerprint density at radius 1 is 1.25 bits per heavy atom. The monoisotopic (exact) mass is 424 g/mol. The molecular formula is C18H24N4O4S2. The van der Waals surface area contributed by atoms with Crippen LogP contribution in [0.1, 0.15) is 26.7 Å². The van der Waals surface area contributed by atoms with Gasteiger partial charge in [-0.05, 0) is 49.9 Å². The summed E-state index contributed by atoms with van der Waals surface area (Å²) in [6.07, 6.45) is 2.09. The fourth-order valence-corrected chi connectivity index (χ4v) is 4.10. The van der Waals surface area contributed by atoms with Gasteiger partial charge in [-0.1, -0.05) is 18.7 Å². The van der Waals surface area contributed by atoms with Crippen LogP contribution in [0.5, 0.6) is 0 Å². The molecule has 10 heteroatoms. The second-order valence-corrected chi connectivity index (χ2v) is 9.75. The third-order valence-electron chi connectivity index (χ3n) is 4.65. The van der Waals surface area contributed by atoms with Crippen molar-refractivity contribution in [2.75, 3.05) is 29.3 Å². The van der Waals surface area contributed by atoms with Crippen molar-refractivity contribution in [3.05, 3.63) is 24.3 Å². The third-order valence-corrected chi connectivity index (χ3v) is 6.76. The summed E-state index contributed by atoms with van der Waals surface area (Å²) in [5, 5.41) is 8.32. The lowest BCUT2D eigenvalue weighted by molar-refractivity contribution is -0.129. The van der Waals surface area contributed by atoms with E-state index in [2.05, 4.69) is 21.8 Å². The van der Waals surface area contributed by atoms with Crippen molar-refractivity contribution < 1.29 is 17.6 Å². The highest BCUT2D eigenvalue weighted by Crippen LogP contribution is 2.25. The quantitative estimate of drug-likeness (QED) is 0.681. The second-order valence-electron chi connectivity index (χ2n) is 6.81. The number of sulfonamides is 1. The van der Waals surface area contributed by atoms with Crippen LogP contribution in [0.25, 0.3) is 11.5 Å². The van der Waals surface area contributed by atoms with Crippen molar-refractivity contribution >= 4 is 33.4 Å². The molecule has 0 saturated carbocycles. The average Bonchev–Trinajstić information content (AvgIpc) is 3.16. The molecule has 1 aliphatic heterocycles. The summed E-state index contributed by atoms with van der Waals surface area (Å²) in [5.41, 5.74) is 1.15. The standard InChI is InChI=1S/C18H24N4O4S2/c1-3-28(24,25)21-15-6-4-14(5-7-15)17-19-20-18(26-17)27-12-16(23)22-10-8-13(2)9-11-22/h4-7,13,21H,3,8-12H2,1-2H3. The number of anilines is 1. The Morgan fingerprint density at radius 2 is 1.93 bits per heavy atom. The maximum atomic E-state index is 12.3. The molecule has 2 aromatic rings. The van der Waals surface area contributed by atoms with E-state index >= 15 is 0 Å². The van der Waals surface area contributed by atoms with Crippen LogP contribution in [0.2, 0.25) is 0 Å². The normalized spacial score (nSPS) is 15.6. The lowest BCUT2D eigenvalue weighted by Gasteiger charge is -2.30. The summed E-state index contributed by atoms with van der Waals surface area (Å²) in [4.78, 5) is 14.2. The van der Waals surface area contributed by atoms with E-state index in [4.69, 9.17) is 4.42 Å². The summed E-state index contributed by atoms with van der Waals surface area (Å²) in [7, 11) is -3.31. The van der Waals surface area contributed by atoms with E-state index in [9.17, 15) is 13.2 Å². The molecule has 2 heterocycles. The van der Waals surface area contributed by atoms with Gasteiger partial charge in [0, 0.05) is 24.3 Å². The first kappa shape index (κ1) is 20.7. The molecule has 1 amide bonds. The van der Waals surface area contributed by atoms with Crippen LogP contribution < -0.4 is 4.72 Å². The number of benzene rings is 1. The number of thioether (sulfide) groups is 1. The van der Waals surface area contributed by atoms with Crippen LogP contribution in [0.15, 0.2) is 33.9 Å². The molecule has 8 nitrogen and oxygen atoms in total. The number of nitrogens with zero attached hydrogens (tertiary/aromatic N) is 3. The van der Waals surface area contributed by atoms with Crippen molar-refractivity contribution in [3.8, 4) is 11.5 Å². The van der Waals surface area contributed by atoms with Crippen molar-refractivity contribution in [3.63, 3.8) is 0 Å². The van der Waals surface area contributed by atoms with E-state index < -0.39 is 10.0 Å². The van der Waals surface area contributed by atoms with E-state index in [0.717, 1.165) is 25.9 Å². The third kappa shape index (κ3) is 5.48. The van der Waals surface area contributed by atoms with E-state index in [1.54, 1.807) is 31.2 Å². The fraction of sp³-hybridized carbons (Fsp3) is 0.500. The molecule has 0 unspecified atom stereocenters. The molecule has 1 N–H and O–H groups in total. The Morgan fingerprint density at radius 3 is 2.57 bits per heavy atom. The van der Waals surface area contributed by atoms with Gasteiger partial charge in [0.2, 0.25) is 21.8 Å². The summed E-state index contributed by atoms with van der Waals surface area (Å²) in [6.45, 7) is 5.40. The predicted octanol–water partition coefficient (Wildman–Crippen LogP) is 2.85. The van der Waals surface area contributed by atoms with Crippen LogP contribution >= 0.6 is 11.8 Å². The second kappa shape index (κ2) is 8.95. The number of amides is 1. The number of piperidine rings is 1. The molecule has 28 heavy (non-hydrogen) atoms. The molecule has 152 valence electrons. The van der Waals surface area contributed by atoms with Crippen molar-refractivity contribution in [2.45, 2.75) is 31.9 Å². The number of carbonyl (C=O) groups is 1. The zero-order chi connectivity index (χ0) is 20.1. The van der Waals surface area contributed by atoms with Gasteiger partial charge in [0.05, 0.1) is 11.5 Å². The van der Waals surface area contributed by atoms with Gasteiger partial charge in [0.25, 0.3) is 5.22 Å². The first-order chi connectivity index (χ1) is 13.4. The number of hydrogen-bond acceptors (Lipinski definition) is 7. The molecule has 1 saturated heterocycles. The predicted molar refractivity (Wildman–Crippen MR) is 109 cm³/mol. The Kier molecular flexibility index (Phi) is 6.61. The van der Waals surface area contributed by atoms with Gasteiger partial charge in [-0.15, -0.1) is 10.2 Å². The molecule has 3 rings (SSSR count). The lowest BCUT2D eigenvalue weighted by atomic mass is 9.99. The minimum Gasteiger partial charge on any atom is -0.411 e. The van der Waals surface area contributed by atoms with Gasteiger partial charge in [-0.2, -0.15) is 0 Å². The number of carbonyl (C=O) groups excluding carboxylic acids is 1. The smallest absolute Gasteiger partial charge is 0.277 e. The highest BCUT2D eigenvalue weighted by Gasteiger charge is 2.21. The number of likely N-dealkylation sites (tertiary alicyclic amines) is 1. The number of nitrogens with one attached hydrogen (secondary N) is 1. The van der Waals surface area contributed by atoms with Gasteiger partial charge in [0.1, 0.15) is 0 Å². The van der Waals surface area contributed by atoms with E-state index in [1.165, 1.54) is 11.8 Å². The van der Waals surface area contributed by atoms with Crippen molar-refractivity contribution in [1.29, 1.82) is 0 Å². The SMILES string of the molecule is CCS(=O)(=O)Nc1ccc(-c2nnc(SCC(=O)N3CCC(C)CC3)o2)cc1. The molecule has 0 radical (unpaired) electrons. The molecule has 1 fully saturated rings. The van der Waals surface area contributed by atoms with E-state index in [1.807, 2.05) is 4.90 Å². The minimum absolute atomic E-state index is 0.00810. The number of rotatable bonds is 7. The Bertz CT molecular complexity index is 904. The van der Waals surface area contributed by atoms with E-state index in [-0.39, 0.29) is 17.4 Å². The summed E-state index contributed by atoms with van der Waals surface area (Å²) in [5.74, 6) is 1.37.